The topological polar surface area (TPSA) is 64.7 Å². The molecule has 4 heteroatoms. The van der Waals surface area contributed by atoms with Gasteiger partial charge in [0.15, 0.2) is 0 Å². The van der Waals surface area contributed by atoms with Crippen LogP contribution in [0.1, 0.15) is 25.7 Å². The number of rotatable bonds is 5. The molecule has 84 valence electrons. The second-order valence-corrected chi connectivity index (χ2v) is 3.98. The molecule has 1 aliphatic rings. The van der Waals surface area contributed by atoms with Crippen LogP contribution in [-0.4, -0.2) is 43.7 Å². The van der Waals surface area contributed by atoms with Gasteiger partial charge in [-0.05, 0) is 25.7 Å². The molecule has 0 aromatic carbocycles. The van der Waals surface area contributed by atoms with Crippen LogP contribution in [0.4, 0.5) is 0 Å². The smallest absolute Gasteiger partial charge is 0.101 e. The lowest BCUT2D eigenvalue weighted by Gasteiger charge is -2.26. The van der Waals surface area contributed by atoms with Crippen molar-refractivity contribution in [3.8, 4) is 0 Å². The first-order chi connectivity index (χ1) is 6.72. The summed E-state index contributed by atoms with van der Waals surface area (Å²) in [5.41, 5.74) is 5.78. The van der Waals surface area contributed by atoms with Crippen LogP contribution < -0.4 is 5.73 Å². The zero-order chi connectivity index (χ0) is 10.4. The zero-order valence-corrected chi connectivity index (χ0v) is 8.82. The molecule has 0 amide bonds. The van der Waals surface area contributed by atoms with E-state index in [1.807, 2.05) is 0 Å². The molecule has 1 atom stereocenters. The van der Waals surface area contributed by atoms with Gasteiger partial charge in [0.25, 0.3) is 0 Å². The third-order valence-corrected chi connectivity index (χ3v) is 2.60. The second-order valence-electron chi connectivity index (χ2n) is 3.98. The Bertz CT molecular complexity index is 146. The number of aliphatic hydroxyl groups excluding tert-OH is 1. The van der Waals surface area contributed by atoms with Gasteiger partial charge < -0.3 is 20.3 Å². The molecule has 3 N–H and O–H groups in total. The van der Waals surface area contributed by atoms with E-state index in [1.165, 1.54) is 0 Å². The largest absolute Gasteiger partial charge is 0.388 e. The minimum absolute atomic E-state index is 0.279. The van der Waals surface area contributed by atoms with Gasteiger partial charge in [0, 0.05) is 13.2 Å². The molecule has 0 spiro atoms. The molecule has 0 aromatic rings. The Morgan fingerprint density at radius 3 is 2.50 bits per heavy atom. The van der Waals surface area contributed by atoms with E-state index in [9.17, 15) is 5.11 Å². The van der Waals surface area contributed by atoms with Crippen molar-refractivity contribution in [2.45, 2.75) is 43.9 Å². The minimum Gasteiger partial charge on any atom is -0.388 e. The molecule has 0 heterocycles. The molecule has 14 heavy (non-hydrogen) atoms. The average Bonchev–Trinajstić information content (AvgIpc) is 2.17. The molecule has 1 fully saturated rings. The van der Waals surface area contributed by atoms with Crippen molar-refractivity contribution >= 4 is 0 Å². The average molecular weight is 203 g/mol. The van der Waals surface area contributed by atoms with Crippen molar-refractivity contribution in [2.24, 2.45) is 5.73 Å². The van der Waals surface area contributed by atoms with Crippen LogP contribution >= 0.6 is 0 Å². The number of nitrogens with two attached hydrogens (primary N) is 1. The Morgan fingerprint density at radius 2 is 1.93 bits per heavy atom. The van der Waals surface area contributed by atoms with E-state index in [2.05, 4.69) is 0 Å². The predicted octanol–water partition coefficient (Wildman–Crippen LogP) is 0.280. The van der Waals surface area contributed by atoms with Gasteiger partial charge in [-0.15, -0.1) is 0 Å². The maximum Gasteiger partial charge on any atom is 0.101 e. The molecular formula is C10H21NO3. The third kappa shape index (κ3) is 4.37. The fourth-order valence-electron chi connectivity index (χ4n) is 1.74. The maximum atomic E-state index is 9.36. The summed E-state index contributed by atoms with van der Waals surface area (Å²) in [6.07, 6.45) is 3.87. The van der Waals surface area contributed by atoms with Gasteiger partial charge >= 0.3 is 0 Å². The molecule has 1 unspecified atom stereocenters. The summed E-state index contributed by atoms with van der Waals surface area (Å²) in [5.74, 6) is 0. The molecule has 0 radical (unpaired) electrons. The molecule has 1 saturated carbocycles. The van der Waals surface area contributed by atoms with E-state index in [4.69, 9.17) is 15.2 Å². The highest BCUT2D eigenvalue weighted by molar-refractivity contribution is 4.74. The molecule has 0 aromatic heterocycles. The zero-order valence-electron chi connectivity index (χ0n) is 8.82. The Balaban J connectivity index is 2.06. The van der Waals surface area contributed by atoms with E-state index in [0.29, 0.717) is 19.3 Å². The van der Waals surface area contributed by atoms with Crippen molar-refractivity contribution in [2.75, 3.05) is 20.3 Å². The first kappa shape index (κ1) is 11.9. The highest BCUT2D eigenvalue weighted by Gasteiger charge is 2.19. The highest BCUT2D eigenvalue weighted by Crippen LogP contribution is 2.19. The number of hydrogen-bond acceptors (Lipinski definition) is 4. The van der Waals surface area contributed by atoms with E-state index >= 15 is 0 Å². The lowest BCUT2D eigenvalue weighted by molar-refractivity contribution is -0.0472. The van der Waals surface area contributed by atoms with Gasteiger partial charge in [-0.2, -0.15) is 0 Å². The van der Waals surface area contributed by atoms with Gasteiger partial charge in [-0.1, -0.05) is 0 Å². The van der Waals surface area contributed by atoms with Crippen LogP contribution in [0.3, 0.4) is 0 Å². The molecule has 0 saturated heterocycles. The van der Waals surface area contributed by atoms with Gasteiger partial charge in [0.05, 0.1) is 19.3 Å². The van der Waals surface area contributed by atoms with Crippen molar-refractivity contribution in [1.82, 2.24) is 0 Å². The van der Waals surface area contributed by atoms with Gasteiger partial charge in [0.2, 0.25) is 0 Å². The summed E-state index contributed by atoms with van der Waals surface area (Å²) in [6.45, 7) is 0.708. The Hall–Kier alpha value is -0.160. The van der Waals surface area contributed by atoms with Crippen molar-refractivity contribution in [3.05, 3.63) is 0 Å². The molecule has 1 aliphatic carbocycles. The highest BCUT2D eigenvalue weighted by atomic mass is 16.5. The van der Waals surface area contributed by atoms with Crippen molar-refractivity contribution in [3.63, 3.8) is 0 Å². The quantitative estimate of drug-likeness (QED) is 0.673. The summed E-state index contributed by atoms with van der Waals surface area (Å²) in [5, 5.41) is 9.36. The fourth-order valence-corrected chi connectivity index (χ4v) is 1.74. The lowest BCUT2D eigenvalue weighted by Crippen LogP contribution is -2.32. The standard InChI is InChI=1S/C10H21NO3/c1-13-6-9(12)7-14-10-4-2-8(11)3-5-10/h8-10,12H,2-7,11H2,1H3. The van der Waals surface area contributed by atoms with Crippen LogP contribution in [0.15, 0.2) is 0 Å². The summed E-state index contributed by atoms with van der Waals surface area (Å²) in [6, 6.07) is 0.346. The second kappa shape index (κ2) is 6.35. The number of aliphatic hydroxyl groups is 1. The van der Waals surface area contributed by atoms with Crippen LogP contribution in [0.5, 0.6) is 0 Å². The monoisotopic (exact) mass is 203 g/mol. The van der Waals surface area contributed by atoms with Gasteiger partial charge in [0.1, 0.15) is 6.10 Å². The third-order valence-electron chi connectivity index (χ3n) is 2.60. The molecular weight excluding hydrogens is 182 g/mol. The Kier molecular flexibility index (Phi) is 5.40. The minimum atomic E-state index is -0.504. The Morgan fingerprint density at radius 1 is 1.29 bits per heavy atom. The summed E-state index contributed by atoms with van der Waals surface area (Å²) >= 11 is 0. The molecule has 1 rings (SSSR count). The van der Waals surface area contributed by atoms with E-state index in [1.54, 1.807) is 7.11 Å². The SMILES string of the molecule is COCC(O)COC1CCC(N)CC1. The summed E-state index contributed by atoms with van der Waals surface area (Å²) in [7, 11) is 1.57. The van der Waals surface area contributed by atoms with Crippen molar-refractivity contribution < 1.29 is 14.6 Å². The summed E-state index contributed by atoms with van der Waals surface area (Å²) in [4.78, 5) is 0. The van der Waals surface area contributed by atoms with E-state index in [0.717, 1.165) is 25.7 Å². The fraction of sp³-hybridized carbons (Fsp3) is 1.00. The van der Waals surface area contributed by atoms with Gasteiger partial charge in [-0.3, -0.25) is 0 Å². The number of ether oxygens (including phenoxy) is 2. The van der Waals surface area contributed by atoms with Crippen LogP contribution in [0.2, 0.25) is 0 Å². The maximum absolute atomic E-state index is 9.36. The van der Waals surface area contributed by atoms with Crippen LogP contribution in [0.25, 0.3) is 0 Å². The van der Waals surface area contributed by atoms with E-state index in [-0.39, 0.29) is 6.10 Å². The molecule has 0 bridgehead atoms. The predicted molar refractivity (Wildman–Crippen MR) is 54.1 cm³/mol. The lowest BCUT2D eigenvalue weighted by atomic mass is 9.94. The number of hydrogen-bond donors (Lipinski definition) is 2. The molecule has 0 aliphatic heterocycles. The van der Waals surface area contributed by atoms with Crippen molar-refractivity contribution in [1.29, 1.82) is 0 Å². The normalized spacial score (nSPS) is 30.2. The summed E-state index contributed by atoms with van der Waals surface area (Å²) < 4.78 is 10.4. The van der Waals surface area contributed by atoms with Gasteiger partial charge in [-0.25, -0.2) is 0 Å². The Labute approximate surface area is 85.4 Å². The van der Waals surface area contributed by atoms with Crippen LogP contribution in [-0.2, 0) is 9.47 Å². The molecule has 4 nitrogen and oxygen atoms in total. The number of methoxy groups -OCH3 is 1. The first-order valence-corrected chi connectivity index (χ1v) is 5.26. The van der Waals surface area contributed by atoms with Crippen LogP contribution in [0, 0.1) is 0 Å². The first-order valence-electron chi connectivity index (χ1n) is 5.26. The van der Waals surface area contributed by atoms with E-state index < -0.39 is 6.10 Å².